The lowest BCUT2D eigenvalue weighted by Crippen LogP contribution is -2.48. The van der Waals surface area contributed by atoms with Crippen molar-refractivity contribution in [3.8, 4) is 0 Å². The van der Waals surface area contributed by atoms with Gasteiger partial charge in [-0.05, 0) is 49.7 Å². The summed E-state index contributed by atoms with van der Waals surface area (Å²) in [6.07, 6.45) is 8.10. The van der Waals surface area contributed by atoms with Crippen molar-refractivity contribution in [3.63, 3.8) is 0 Å². The second kappa shape index (κ2) is 5.91. The molecule has 4 rings (SSSR count). The molecule has 4 heteroatoms. The Hall–Kier alpha value is -1.84. The molecule has 0 bridgehead atoms. The van der Waals surface area contributed by atoms with Gasteiger partial charge in [0.1, 0.15) is 0 Å². The summed E-state index contributed by atoms with van der Waals surface area (Å²) in [4.78, 5) is 24.5. The van der Waals surface area contributed by atoms with E-state index in [9.17, 15) is 9.59 Å². The topological polar surface area (TPSA) is 72.2 Å². The number of nitrogens with two attached hydrogens (primary N) is 1. The van der Waals surface area contributed by atoms with E-state index in [1.165, 1.54) is 11.1 Å². The van der Waals surface area contributed by atoms with Gasteiger partial charge < -0.3 is 11.1 Å². The average molecular weight is 326 g/mol. The van der Waals surface area contributed by atoms with E-state index in [0.29, 0.717) is 0 Å². The van der Waals surface area contributed by atoms with E-state index >= 15 is 0 Å². The Morgan fingerprint density at radius 2 is 1.92 bits per heavy atom. The molecule has 3 N–H and O–H groups in total. The summed E-state index contributed by atoms with van der Waals surface area (Å²) in [6, 6.07) is 8.51. The Balaban J connectivity index is 1.49. The molecule has 0 aliphatic heterocycles. The van der Waals surface area contributed by atoms with Gasteiger partial charge in [0.2, 0.25) is 11.8 Å². The van der Waals surface area contributed by atoms with Crippen molar-refractivity contribution in [3.05, 3.63) is 35.4 Å². The van der Waals surface area contributed by atoms with Crippen molar-refractivity contribution >= 4 is 11.8 Å². The average Bonchev–Trinajstić information content (AvgIpc) is 3.30. The summed E-state index contributed by atoms with van der Waals surface area (Å²) in [5, 5.41) is 3.17. The number of fused-ring (bicyclic) bond motifs is 2. The van der Waals surface area contributed by atoms with Crippen LogP contribution < -0.4 is 11.1 Å². The van der Waals surface area contributed by atoms with Gasteiger partial charge in [0.15, 0.2) is 0 Å². The van der Waals surface area contributed by atoms with E-state index in [2.05, 4.69) is 29.6 Å². The number of hydrogen-bond acceptors (Lipinski definition) is 2. The van der Waals surface area contributed by atoms with Crippen LogP contribution in [0.15, 0.2) is 24.3 Å². The first-order valence-electron chi connectivity index (χ1n) is 9.30. The Morgan fingerprint density at radius 3 is 2.75 bits per heavy atom. The predicted octanol–water partition coefficient (Wildman–Crippen LogP) is 2.44. The largest absolute Gasteiger partial charge is 0.369 e. The lowest BCUT2D eigenvalue weighted by atomic mass is 9.78. The summed E-state index contributed by atoms with van der Waals surface area (Å²) in [5.74, 6) is -0.274. The first-order valence-corrected chi connectivity index (χ1v) is 9.30. The molecule has 0 heterocycles. The highest BCUT2D eigenvalue weighted by atomic mass is 16.2. The second-order valence-corrected chi connectivity index (χ2v) is 7.83. The molecule has 0 saturated heterocycles. The minimum absolute atomic E-state index is 0.0514. The van der Waals surface area contributed by atoms with Gasteiger partial charge in [-0.3, -0.25) is 9.59 Å². The fourth-order valence-corrected chi connectivity index (χ4v) is 5.10. The molecule has 0 radical (unpaired) electrons. The van der Waals surface area contributed by atoms with Crippen LogP contribution in [0.3, 0.4) is 0 Å². The van der Waals surface area contributed by atoms with E-state index in [1.54, 1.807) is 0 Å². The van der Waals surface area contributed by atoms with Crippen molar-refractivity contribution in [2.75, 3.05) is 0 Å². The standard InChI is InChI=1S/C20H26N2O2/c21-18(23)14-8-2-4-10-17(14)22-19(24)16-12-20(16)11-5-7-13-6-1-3-9-15(13)20/h1,3,6,9,14,16-17H,2,4-5,7-8,10-12H2,(H2,21,23)(H,22,24). The van der Waals surface area contributed by atoms with Gasteiger partial charge in [-0.1, -0.05) is 37.1 Å². The zero-order valence-corrected chi connectivity index (χ0v) is 14.1. The van der Waals surface area contributed by atoms with Gasteiger partial charge in [0, 0.05) is 17.4 Å². The van der Waals surface area contributed by atoms with Gasteiger partial charge in [-0.25, -0.2) is 0 Å². The van der Waals surface area contributed by atoms with E-state index < -0.39 is 0 Å². The summed E-state index contributed by atoms with van der Waals surface area (Å²) in [6.45, 7) is 0. The van der Waals surface area contributed by atoms with Crippen LogP contribution >= 0.6 is 0 Å². The molecular weight excluding hydrogens is 300 g/mol. The number of hydrogen-bond donors (Lipinski definition) is 2. The fourth-order valence-electron chi connectivity index (χ4n) is 5.10. The van der Waals surface area contributed by atoms with E-state index in [4.69, 9.17) is 5.73 Å². The SMILES string of the molecule is NC(=O)C1CCCCC1NC(=O)C1CC12CCCc1ccccc12. The molecule has 24 heavy (non-hydrogen) atoms. The molecular formula is C20H26N2O2. The predicted molar refractivity (Wildman–Crippen MR) is 92.2 cm³/mol. The molecule has 4 nitrogen and oxygen atoms in total. The molecule has 3 aliphatic carbocycles. The highest BCUT2D eigenvalue weighted by molar-refractivity contribution is 5.86. The molecule has 1 spiro atoms. The van der Waals surface area contributed by atoms with Crippen LogP contribution in [0.4, 0.5) is 0 Å². The molecule has 3 aliphatic rings. The summed E-state index contributed by atoms with van der Waals surface area (Å²) < 4.78 is 0. The normalized spacial score (nSPS) is 34.4. The first-order chi connectivity index (χ1) is 11.6. The van der Waals surface area contributed by atoms with Crippen LogP contribution in [0.5, 0.6) is 0 Å². The number of primary amides is 1. The van der Waals surface area contributed by atoms with Crippen LogP contribution in [0.1, 0.15) is 56.1 Å². The highest BCUT2D eigenvalue weighted by Crippen LogP contribution is 2.60. The maximum Gasteiger partial charge on any atom is 0.224 e. The van der Waals surface area contributed by atoms with Crippen molar-refractivity contribution < 1.29 is 9.59 Å². The quantitative estimate of drug-likeness (QED) is 0.895. The summed E-state index contributed by atoms with van der Waals surface area (Å²) in [5.41, 5.74) is 8.38. The van der Waals surface area contributed by atoms with Crippen LogP contribution in [-0.2, 0) is 21.4 Å². The Bertz CT molecular complexity index is 671. The third kappa shape index (κ3) is 2.52. The monoisotopic (exact) mass is 326 g/mol. The Morgan fingerprint density at radius 1 is 1.12 bits per heavy atom. The Labute approximate surface area is 143 Å². The number of carbonyl (C=O) groups excluding carboxylic acids is 2. The van der Waals surface area contributed by atoms with Crippen LogP contribution in [0.25, 0.3) is 0 Å². The van der Waals surface area contributed by atoms with Gasteiger partial charge in [-0.15, -0.1) is 0 Å². The van der Waals surface area contributed by atoms with Gasteiger partial charge in [0.25, 0.3) is 0 Å². The van der Waals surface area contributed by atoms with E-state index in [1.807, 2.05) is 0 Å². The summed E-state index contributed by atoms with van der Waals surface area (Å²) in [7, 11) is 0. The summed E-state index contributed by atoms with van der Waals surface area (Å²) >= 11 is 0. The molecule has 4 atom stereocenters. The smallest absolute Gasteiger partial charge is 0.224 e. The Kier molecular flexibility index (Phi) is 3.86. The van der Waals surface area contributed by atoms with Gasteiger partial charge in [-0.2, -0.15) is 0 Å². The first kappa shape index (κ1) is 15.7. The number of benzene rings is 1. The molecule has 2 fully saturated rings. The van der Waals surface area contributed by atoms with Crippen LogP contribution in [-0.4, -0.2) is 17.9 Å². The highest BCUT2D eigenvalue weighted by Gasteiger charge is 2.60. The minimum atomic E-state index is -0.270. The zero-order valence-electron chi connectivity index (χ0n) is 14.1. The van der Waals surface area contributed by atoms with Gasteiger partial charge in [0.05, 0.1) is 5.92 Å². The fraction of sp³-hybridized carbons (Fsp3) is 0.600. The number of nitrogens with one attached hydrogen (secondary N) is 1. The zero-order chi connectivity index (χ0) is 16.7. The van der Waals surface area contributed by atoms with Crippen LogP contribution in [0, 0.1) is 11.8 Å². The minimum Gasteiger partial charge on any atom is -0.369 e. The third-order valence-electron chi connectivity index (χ3n) is 6.47. The second-order valence-electron chi connectivity index (χ2n) is 7.83. The lowest BCUT2D eigenvalue weighted by Gasteiger charge is -2.31. The lowest BCUT2D eigenvalue weighted by molar-refractivity contribution is -0.127. The molecule has 1 aromatic rings. The number of carbonyl (C=O) groups is 2. The molecule has 0 aromatic heterocycles. The van der Waals surface area contributed by atoms with E-state index in [0.717, 1.165) is 51.4 Å². The van der Waals surface area contributed by atoms with Crippen molar-refractivity contribution in [1.82, 2.24) is 5.32 Å². The van der Waals surface area contributed by atoms with Crippen molar-refractivity contribution in [2.45, 2.75) is 62.8 Å². The van der Waals surface area contributed by atoms with Gasteiger partial charge >= 0.3 is 0 Å². The van der Waals surface area contributed by atoms with Crippen LogP contribution in [0.2, 0.25) is 0 Å². The van der Waals surface area contributed by atoms with Crippen molar-refractivity contribution in [2.24, 2.45) is 17.6 Å². The number of aryl methyl sites for hydroxylation is 1. The maximum atomic E-state index is 12.9. The molecule has 1 aromatic carbocycles. The number of amides is 2. The molecule has 128 valence electrons. The molecule has 4 unspecified atom stereocenters. The number of rotatable bonds is 3. The third-order valence-corrected chi connectivity index (χ3v) is 6.47. The molecule has 2 saturated carbocycles. The molecule has 2 amide bonds. The van der Waals surface area contributed by atoms with Crippen molar-refractivity contribution in [1.29, 1.82) is 0 Å². The van der Waals surface area contributed by atoms with E-state index in [-0.39, 0.29) is 35.1 Å². The maximum absolute atomic E-state index is 12.9.